The summed E-state index contributed by atoms with van der Waals surface area (Å²) in [4.78, 5) is 0. The smallest absolute Gasteiger partial charge is 0.0774 e. The Hall–Kier alpha value is -0.0800. The molecule has 2 unspecified atom stereocenters. The van der Waals surface area contributed by atoms with Crippen molar-refractivity contribution < 1.29 is 5.11 Å². The van der Waals surface area contributed by atoms with Crippen LogP contribution in [0.5, 0.6) is 0 Å². The lowest BCUT2D eigenvalue weighted by molar-refractivity contribution is 0.0445. The minimum Gasteiger partial charge on any atom is -0.389 e. The second kappa shape index (κ2) is 4.24. The van der Waals surface area contributed by atoms with Gasteiger partial charge < -0.3 is 10.4 Å². The Bertz CT molecular complexity index is 138. The van der Waals surface area contributed by atoms with Crippen molar-refractivity contribution in [2.24, 2.45) is 5.92 Å². The van der Waals surface area contributed by atoms with Crippen LogP contribution in [0.2, 0.25) is 0 Å². The van der Waals surface area contributed by atoms with Gasteiger partial charge in [-0.25, -0.2) is 0 Å². The SMILES string of the molecule is CCCNCC1(O)CCC(C)C1. The topological polar surface area (TPSA) is 32.3 Å². The molecule has 0 aromatic heterocycles. The van der Waals surface area contributed by atoms with Crippen molar-refractivity contribution >= 4 is 0 Å². The van der Waals surface area contributed by atoms with Gasteiger partial charge in [0.05, 0.1) is 5.60 Å². The van der Waals surface area contributed by atoms with E-state index in [0.717, 1.165) is 32.4 Å². The second-order valence-corrected chi connectivity index (χ2v) is 4.25. The first-order valence-corrected chi connectivity index (χ1v) is 5.09. The van der Waals surface area contributed by atoms with Gasteiger partial charge in [-0.05, 0) is 38.1 Å². The fourth-order valence-corrected chi connectivity index (χ4v) is 2.03. The van der Waals surface area contributed by atoms with E-state index in [1.807, 2.05) is 0 Å². The summed E-state index contributed by atoms with van der Waals surface area (Å²) < 4.78 is 0. The van der Waals surface area contributed by atoms with Crippen molar-refractivity contribution in [3.8, 4) is 0 Å². The number of nitrogens with one attached hydrogen (secondary N) is 1. The van der Waals surface area contributed by atoms with Gasteiger partial charge in [-0.1, -0.05) is 13.8 Å². The average Bonchev–Trinajstić information content (AvgIpc) is 2.32. The molecule has 1 fully saturated rings. The molecule has 72 valence electrons. The van der Waals surface area contributed by atoms with E-state index in [1.54, 1.807) is 0 Å². The summed E-state index contributed by atoms with van der Waals surface area (Å²) in [5.74, 6) is 0.707. The predicted octanol–water partition coefficient (Wildman–Crippen LogP) is 1.54. The maximum absolute atomic E-state index is 10.0. The van der Waals surface area contributed by atoms with Crippen LogP contribution in [0.15, 0.2) is 0 Å². The van der Waals surface area contributed by atoms with Gasteiger partial charge in [0, 0.05) is 6.54 Å². The minimum absolute atomic E-state index is 0.394. The molecule has 1 aliphatic rings. The molecule has 0 aromatic rings. The quantitative estimate of drug-likeness (QED) is 0.629. The van der Waals surface area contributed by atoms with E-state index in [4.69, 9.17) is 0 Å². The van der Waals surface area contributed by atoms with Crippen LogP contribution in [0, 0.1) is 5.92 Å². The zero-order valence-electron chi connectivity index (χ0n) is 8.27. The third-order valence-corrected chi connectivity index (χ3v) is 2.71. The molecule has 0 heterocycles. The van der Waals surface area contributed by atoms with Crippen molar-refractivity contribution in [2.45, 2.75) is 45.1 Å². The van der Waals surface area contributed by atoms with Crippen LogP contribution in [-0.4, -0.2) is 23.8 Å². The van der Waals surface area contributed by atoms with Crippen molar-refractivity contribution in [1.82, 2.24) is 5.32 Å². The zero-order valence-corrected chi connectivity index (χ0v) is 8.27. The Balaban J connectivity index is 2.21. The van der Waals surface area contributed by atoms with Crippen LogP contribution in [0.25, 0.3) is 0 Å². The molecule has 12 heavy (non-hydrogen) atoms. The molecule has 0 bridgehead atoms. The number of aliphatic hydroxyl groups is 1. The highest BCUT2D eigenvalue weighted by atomic mass is 16.3. The Labute approximate surface area is 75.4 Å². The fraction of sp³-hybridized carbons (Fsp3) is 1.00. The first-order valence-electron chi connectivity index (χ1n) is 5.09. The van der Waals surface area contributed by atoms with E-state index in [2.05, 4.69) is 19.2 Å². The lowest BCUT2D eigenvalue weighted by atomic mass is 10.0. The van der Waals surface area contributed by atoms with E-state index in [-0.39, 0.29) is 0 Å². The Morgan fingerprint density at radius 2 is 2.33 bits per heavy atom. The maximum Gasteiger partial charge on any atom is 0.0774 e. The van der Waals surface area contributed by atoms with E-state index < -0.39 is 5.60 Å². The largest absolute Gasteiger partial charge is 0.389 e. The van der Waals surface area contributed by atoms with Crippen LogP contribution in [0.4, 0.5) is 0 Å². The first-order chi connectivity index (χ1) is 5.66. The summed E-state index contributed by atoms with van der Waals surface area (Å²) in [7, 11) is 0. The zero-order chi connectivity index (χ0) is 9.03. The highest BCUT2D eigenvalue weighted by molar-refractivity contribution is 4.89. The number of hydrogen-bond acceptors (Lipinski definition) is 2. The van der Waals surface area contributed by atoms with Gasteiger partial charge in [-0.2, -0.15) is 0 Å². The molecule has 2 N–H and O–H groups in total. The van der Waals surface area contributed by atoms with E-state index >= 15 is 0 Å². The van der Waals surface area contributed by atoms with Gasteiger partial charge in [0.1, 0.15) is 0 Å². The molecule has 0 aliphatic heterocycles. The summed E-state index contributed by atoms with van der Waals surface area (Å²) in [6, 6.07) is 0. The molecular weight excluding hydrogens is 150 g/mol. The van der Waals surface area contributed by atoms with Crippen LogP contribution in [0.3, 0.4) is 0 Å². The van der Waals surface area contributed by atoms with Gasteiger partial charge in [-0.15, -0.1) is 0 Å². The fourth-order valence-electron chi connectivity index (χ4n) is 2.03. The molecule has 0 amide bonds. The van der Waals surface area contributed by atoms with Gasteiger partial charge in [0.15, 0.2) is 0 Å². The van der Waals surface area contributed by atoms with Crippen LogP contribution in [0.1, 0.15) is 39.5 Å². The van der Waals surface area contributed by atoms with Crippen molar-refractivity contribution in [1.29, 1.82) is 0 Å². The average molecular weight is 171 g/mol. The molecular formula is C10H21NO. The molecule has 0 spiro atoms. The lowest BCUT2D eigenvalue weighted by Gasteiger charge is -2.22. The van der Waals surface area contributed by atoms with Crippen molar-refractivity contribution in [3.05, 3.63) is 0 Å². The highest BCUT2D eigenvalue weighted by Crippen LogP contribution is 2.33. The standard InChI is InChI=1S/C10H21NO/c1-3-6-11-8-10(12)5-4-9(2)7-10/h9,11-12H,3-8H2,1-2H3. The molecule has 0 radical (unpaired) electrons. The molecule has 1 aliphatic carbocycles. The first kappa shape index (κ1) is 10.0. The highest BCUT2D eigenvalue weighted by Gasteiger charge is 2.34. The molecule has 0 saturated heterocycles. The van der Waals surface area contributed by atoms with Gasteiger partial charge in [-0.3, -0.25) is 0 Å². The minimum atomic E-state index is -0.394. The third kappa shape index (κ3) is 2.76. The van der Waals surface area contributed by atoms with Crippen LogP contribution in [-0.2, 0) is 0 Å². The van der Waals surface area contributed by atoms with E-state index in [1.165, 1.54) is 6.42 Å². The summed E-state index contributed by atoms with van der Waals surface area (Å²) in [6.45, 7) is 6.17. The molecule has 2 atom stereocenters. The molecule has 2 heteroatoms. The molecule has 2 nitrogen and oxygen atoms in total. The van der Waals surface area contributed by atoms with Gasteiger partial charge >= 0.3 is 0 Å². The summed E-state index contributed by atoms with van der Waals surface area (Å²) in [5.41, 5.74) is -0.394. The third-order valence-electron chi connectivity index (χ3n) is 2.71. The van der Waals surface area contributed by atoms with Gasteiger partial charge in [0.2, 0.25) is 0 Å². The molecule has 1 rings (SSSR count). The Morgan fingerprint density at radius 3 is 2.83 bits per heavy atom. The molecule has 0 aromatic carbocycles. The second-order valence-electron chi connectivity index (χ2n) is 4.25. The predicted molar refractivity (Wildman–Crippen MR) is 51.1 cm³/mol. The van der Waals surface area contributed by atoms with Crippen LogP contribution >= 0.6 is 0 Å². The summed E-state index contributed by atoms with van der Waals surface area (Å²) in [5, 5.41) is 13.3. The lowest BCUT2D eigenvalue weighted by Crippen LogP contribution is -2.38. The van der Waals surface area contributed by atoms with E-state index in [0.29, 0.717) is 5.92 Å². The summed E-state index contributed by atoms with van der Waals surface area (Å²) >= 11 is 0. The van der Waals surface area contributed by atoms with Crippen LogP contribution < -0.4 is 5.32 Å². The maximum atomic E-state index is 10.0. The Kier molecular flexibility index (Phi) is 3.53. The van der Waals surface area contributed by atoms with Crippen molar-refractivity contribution in [2.75, 3.05) is 13.1 Å². The van der Waals surface area contributed by atoms with Crippen molar-refractivity contribution in [3.63, 3.8) is 0 Å². The number of rotatable bonds is 4. The molecule has 1 saturated carbocycles. The summed E-state index contributed by atoms with van der Waals surface area (Å²) in [6.07, 6.45) is 4.28. The van der Waals surface area contributed by atoms with E-state index in [9.17, 15) is 5.11 Å². The van der Waals surface area contributed by atoms with Gasteiger partial charge in [0.25, 0.3) is 0 Å². The number of hydrogen-bond donors (Lipinski definition) is 2. The Morgan fingerprint density at radius 1 is 1.58 bits per heavy atom. The monoisotopic (exact) mass is 171 g/mol. The normalized spacial score (nSPS) is 35.8.